The Morgan fingerprint density at radius 1 is 1.18 bits per heavy atom. The number of aliphatic hydroxyl groups is 1. The third kappa shape index (κ3) is 4.26. The Morgan fingerprint density at radius 3 is 2.68 bits per heavy atom. The van der Waals surface area contributed by atoms with E-state index in [9.17, 15) is 15.0 Å². The summed E-state index contributed by atoms with van der Waals surface area (Å²) in [5.74, 6) is -0.0981. The molecule has 3 aromatic rings. The molecule has 3 rings (SSSR count). The maximum absolute atomic E-state index is 11.5. The number of imidazole rings is 1. The lowest BCUT2D eigenvalue weighted by molar-refractivity contribution is 0.0697. The molecule has 6 heteroatoms. The van der Waals surface area contributed by atoms with E-state index in [2.05, 4.69) is 11.9 Å². The van der Waals surface area contributed by atoms with Crippen molar-refractivity contribution in [3.8, 4) is 11.1 Å². The van der Waals surface area contributed by atoms with Gasteiger partial charge in [0.05, 0.1) is 17.9 Å². The molecule has 0 aliphatic carbocycles. The zero-order valence-corrected chi connectivity index (χ0v) is 16.5. The van der Waals surface area contributed by atoms with E-state index in [4.69, 9.17) is 11.6 Å². The van der Waals surface area contributed by atoms with Gasteiger partial charge in [-0.25, -0.2) is 9.78 Å². The van der Waals surface area contributed by atoms with Gasteiger partial charge in [-0.2, -0.15) is 0 Å². The molecule has 2 N–H and O–H groups in total. The van der Waals surface area contributed by atoms with E-state index in [1.54, 1.807) is 12.1 Å². The lowest BCUT2D eigenvalue weighted by Gasteiger charge is -2.13. The standard InChI is InChI=1S/C22H23ClN2O3/c1-2-3-11-20-24-21(23)19(14-26)25(20)13-15-7-6-8-16(12-15)17-9-4-5-10-18(17)22(27)28/h4-10,12,26H,2-3,11,13-14H2,1H3,(H,27,28). The smallest absolute Gasteiger partial charge is 0.336 e. The van der Waals surface area contributed by atoms with Crippen molar-refractivity contribution in [1.82, 2.24) is 9.55 Å². The van der Waals surface area contributed by atoms with Crippen LogP contribution in [0.4, 0.5) is 0 Å². The number of hydrogen-bond acceptors (Lipinski definition) is 3. The number of hydrogen-bond donors (Lipinski definition) is 2. The lowest BCUT2D eigenvalue weighted by Crippen LogP contribution is -2.09. The second-order valence-electron chi connectivity index (χ2n) is 6.66. The van der Waals surface area contributed by atoms with Gasteiger partial charge in [-0.05, 0) is 35.2 Å². The fourth-order valence-electron chi connectivity index (χ4n) is 3.31. The van der Waals surface area contributed by atoms with E-state index < -0.39 is 5.97 Å². The summed E-state index contributed by atoms with van der Waals surface area (Å²) in [5.41, 5.74) is 3.37. The predicted octanol–water partition coefficient (Wildman–Crippen LogP) is 4.78. The van der Waals surface area contributed by atoms with Gasteiger partial charge in [0.2, 0.25) is 0 Å². The number of carbonyl (C=O) groups is 1. The second kappa shape index (κ2) is 9.04. The molecule has 1 heterocycles. The maximum atomic E-state index is 11.5. The Balaban J connectivity index is 1.98. The average molecular weight is 399 g/mol. The summed E-state index contributed by atoms with van der Waals surface area (Å²) in [7, 11) is 0. The van der Waals surface area contributed by atoms with Crippen LogP contribution in [0, 0.1) is 0 Å². The molecule has 0 atom stereocenters. The average Bonchev–Trinajstić information content (AvgIpc) is 3.00. The zero-order chi connectivity index (χ0) is 20.1. The van der Waals surface area contributed by atoms with E-state index in [-0.39, 0.29) is 12.2 Å². The van der Waals surface area contributed by atoms with E-state index in [0.717, 1.165) is 36.2 Å². The van der Waals surface area contributed by atoms with Crippen LogP contribution in [-0.2, 0) is 19.6 Å². The molecule has 2 aromatic carbocycles. The number of aryl methyl sites for hydroxylation is 1. The molecule has 0 saturated carbocycles. The minimum absolute atomic E-state index is 0.181. The minimum Gasteiger partial charge on any atom is -0.478 e. The van der Waals surface area contributed by atoms with Gasteiger partial charge in [-0.15, -0.1) is 0 Å². The first-order valence-electron chi connectivity index (χ1n) is 9.31. The van der Waals surface area contributed by atoms with Crippen molar-refractivity contribution in [3.63, 3.8) is 0 Å². The molecule has 0 aliphatic heterocycles. The SMILES string of the molecule is CCCCc1nc(Cl)c(CO)n1Cc1cccc(-c2ccccc2C(=O)O)c1. The molecule has 0 aliphatic rings. The summed E-state index contributed by atoms with van der Waals surface area (Å²) in [6.07, 6.45) is 2.82. The van der Waals surface area contributed by atoms with E-state index in [0.29, 0.717) is 23.0 Å². The summed E-state index contributed by atoms with van der Waals surface area (Å²) in [4.78, 5) is 16.0. The van der Waals surface area contributed by atoms with Crippen molar-refractivity contribution in [2.45, 2.75) is 39.3 Å². The molecule has 0 radical (unpaired) electrons. The van der Waals surface area contributed by atoms with Gasteiger partial charge in [0.25, 0.3) is 0 Å². The number of rotatable bonds is 8. The predicted molar refractivity (Wildman–Crippen MR) is 110 cm³/mol. The van der Waals surface area contributed by atoms with Crippen LogP contribution in [0.5, 0.6) is 0 Å². The van der Waals surface area contributed by atoms with Gasteiger partial charge in [0.15, 0.2) is 5.15 Å². The summed E-state index contributed by atoms with van der Waals surface area (Å²) < 4.78 is 1.96. The van der Waals surface area contributed by atoms with Crippen LogP contribution >= 0.6 is 11.6 Å². The Hall–Kier alpha value is -2.63. The molecule has 1 aromatic heterocycles. The number of carboxylic acids is 1. The van der Waals surface area contributed by atoms with E-state index >= 15 is 0 Å². The fraction of sp³-hybridized carbons (Fsp3) is 0.273. The minimum atomic E-state index is -0.952. The number of aliphatic hydroxyl groups excluding tert-OH is 1. The topological polar surface area (TPSA) is 75.4 Å². The molecule has 0 bridgehead atoms. The largest absolute Gasteiger partial charge is 0.478 e. The Kier molecular flexibility index (Phi) is 6.49. The molecule has 146 valence electrons. The highest BCUT2D eigenvalue weighted by Crippen LogP contribution is 2.26. The Morgan fingerprint density at radius 2 is 1.96 bits per heavy atom. The second-order valence-corrected chi connectivity index (χ2v) is 7.02. The van der Waals surface area contributed by atoms with Gasteiger partial charge in [-0.3, -0.25) is 0 Å². The van der Waals surface area contributed by atoms with Gasteiger partial charge in [0, 0.05) is 13.0 Å². The lowest BCUT2D eigenvalue weighted by atomic mass is 9.98. The van der Waals surface area contributed by atoms with Crippen molar-refractivity contribution in [2.24, 2.45) is 0 Å². The van der Waals surface area contributed by atoms with Crippen LogP contribution in [0.15, 0.2) is 48.5 Å². The summed E-state index contributed by atoms with van der Waals surface area (Å²) in [6, 6.07) is 14.7. The summed E-state index contributed by atoms with van der Waals surface area (Å²) in [6.45, 7) is 2.45. The van der Waals surface area contributed by atoms with E-state index in [1.165, 1.54) is 0 Å². The molecule has 0 amide bonds. The highest BCUT2D eigenvalue weighted by atomic mass is 35.5. The number of halogens is 1. The zero-order valence-electron chi connectivity index (χ0n) is 15.7. The molecule has 28 heavy (non-hydrogen) atoms. The molecule has 5 nitrogen and oxygen atoms in total. The number of nitrogens with zero attached hydrogens (tertiary/aromatic N) is 2. The van der Waals surface area contributed by atoms with E-state index in [1.807, 2.05) is 41.0 Å². The summed E-state index contributed by atoms with van der Waals surface area (Å²) >= 11 is 6.22. The van der Waals surface area contributed by atoms with Gasteiger partial charge < -0.3 is 14.8 Å². The van der Waals surface area contributed by atoms with Crippen molar-refractivity contribution in [2.75, 3.05) is 0 Å². The van der Waals surface area contributed by atoms with Crippen LogP contribution < -0.4 is 0 Å². The maximum Gasteiger partial charge on any atom is 0.336 e. The van der Waals surface area contributed by atoms with Gasteiger partial charge in [-0.1, -0.05) is 61.3 Å². The summed E-state index contributed by atoms with van der Waals surface area (Å²) in [5, 5.41) is 19.5. The molecule has 0 spiro atoms. The van der Waals surface area contributed by atoms with Crippen molar-refractivity contribution < 1.29 is 15.0 Å². The van der Waals surface area contributed by atoms with Crippen LogP contribution in [0.1, 0.15) is 47.2 Å². The highest BCUT2D eigenvalue weighted by Gasteiger charge is 2.16. The monoisotopic (exact) mass is 398 g/mol. The van der Waals surface area contributed by atoms with Crippen LogP contribution in [0.25, 0.3) is 11.1 Å². The first-order chi connectivity index (χ1) is 13.5. The number of unbranched alkanes of at least 4 members (excludes halogenated alkanes) is 1. The number of carboxylic acid groups (broad SMARTS) is 1. The fourth-order valence-corrected chi connectivity index (χ4v) is 3.57. The first kappa shape index (κ1) is 20.1. The van der Waals surface area contributed by atoms with Crippen molar-refractivity contribution >= 4 is 17.6 Å². The van der Waals surface area contributed by atoms with Crippen LogP contribution in [0.3, 0.4) is 0 Å². The molecule has 0 fully saturated rings. The number of aromatic nitrogens is 2. The Bertz CT molecular complexity index is 982. The third-order valence-electron chi connectivity index (χ3n) is 4.74. The number of aromatic carboxylic acids is 1. The Labute approximate surface area is 169 Å². The van der Waals surface area contributed by atoms with Crippen LogP contribution in [0.2, 0.25) is 5.15 Å². The number of benzene rings is 2. The van der Waals surface area contributed by atoms with Crippen molar-refractivity contribution in [3.05, 3.63) is 76.3 Å². The normalized spacial score (nSPS) is 11.0. The van der Waals surface area contributed by atoms with Gasteiger partial charge >= 0.3 is 5.97 Å². The van der Waals surface area contributed by atoms with Gasteiger partial charge in [0.1, 0.15) is 5.82 Å². The first-order valence-corrected chi connectivity index (χ1v) is 9.69. The quantitative estimate of drug-likeness (QED) is 0.572. The van der Waals surface area contributed by atoms with Crippen molar-refractivity contribution in [1.29, 1.82) is 0 Å². The van der Waals surface area contributed by atoms with Crippen LogP contribution in [-0.4, -0.2) is 25.7 Å². The third-order valence-corrected chi connectivity index (χ3v) is 5.05. The molecular formula is C22H23ClN2O3. The molecular weight excluding hydrogens is 376 g/mol. The highest BCUT2D eigenvalue weighted by molar-refractivity contribution is 6.30. The molecule has 0 unspecified atom stereocenters. The molecule has 0 saturated heterocycles.